The summed E-state index contributed by atoms with van der Waals surface area (Å²) in [4.78, 5) is 12.1. The average Bonchev–Trinajstić information content (AvgIpc) is 3.67. The van der Waals surface area contributed by atoms with Gasteiger partial charge in [-0.05, 0) is 88.4 Å². The number of benzene rings is 3. The molecule has 204 valence electrons. The first-order valence-electron chi connectivity index (χ1n) is 13.8. The summed E-state index contributed by atoms with van der Waals surface area (Å²) >= 11 is 1.69. The Morgan fingerprint density at radius 2 is 1.34 bits per heavy atom. The van der Waals surface area contributed by atoms with E-state index in [0.29, 0.717) is 0 Å². The quantitative estimate of drug-likeness (QED) is 0.184. The number of nitrogens with one attached hydrogen (secondary N) is 3. The lowest BCUT2D eigenvalue weighted by Gasteiger charge is -2.14. The molecule has 0 amide bonds. The molecule has 3 heterocycles. The van der Waals surface area contributed by atoms with Crippen molar-refractivity contribution in [1.29, 1.82) is 0 Å². The third kappa shape index (κ3) is 3.97. The maximum atomic E-state index is 4.55. The second-order valence-corrected chi connectivity index (χ2v) is 11.8. The minimum Gasteiger partial charge on any atom is -0.358 e. The van der Waals surface area contributed by atoms with Crippen LogP contribution in [0.15, 0.2) is 54.5 Å². The van der Waals surface area contributed by atoms with Crippen molar-refractivity contribution in [2.75, 3.05) is 6.26 Å². The predicted octanol–water partition coefficient (Wildman–Crippen LogP) is 7.46. The van der Waals surface area contributed by atoms with Crippen LogP contribution in [0.2, 0.25) is 0 Å². The first-order chi connectivity index (χ1) is 19.5. The zero-order valence-corrected chi connectivity index (χ0v) is 25.1. The van der Waals surface area contributed by atoms with E-state index in [9.17, 15) is 0 Å². The Kier molecular flexibility index (Phi) is 6.28. The van der Waals surface area contributed by atoms with Crippen LogP contribution in [-0.2, 0) is 6.42 Å². The summed E-state index contributed by atoms with van der Waals surface area (Å²) < 4.78 is 0. The number of aromatic amines is 3. The van der Waals surface area contributed by atoms with Crippen molar-refractivity contribution in [3.05, 3.63) is 87.5 Å². The van der Waals surface area contributed by atoms with Crippen LogP contribution < -0.4 is 20.9 Å². The number of hydrogen-bond donors (Lipinski definition) is 3. The smallest absolute Gasteiger partial charge is 0.0609 e. The highest BCUT2D eigenvalue weighted by Crippen LogP contribution is 2.40. The van der Waals surface area contributed by atoms with Gasteiger partial charge in [0.05, 0.1) is 16.6 Å². The van der Waals surface area contributed by atoms with Gasteiger partial charge in [0.1, 0.15) is 0 Å². The average molecular weight is 554 g/mol. The molecule has 0 aliphatic rings. The number of allylic oxidation sites excluding steroid dienone is 2. The maximum absolute atomic E-state index is 4.55. The van der Waals surface area contributed by atoms with Gasteiger partial charge < -0.3 is 15.0 Å². The molecule has 6 aromatic rings. The zero-order valence-electron chi connectivity index (χ0n) is 24.3. The maximum Gasteiger partial charge on any atom is 0.0609 e. The normalized spacial score (nSPS) is 11.7. The van der Waals surface area contributed by atoms with Crippen LogP contribution >= 0.6 is 11.8 Å². The lowest BCUT2D eigenvalue weighted by molar-refractivity contribution is 1.07. The minimum atomic E-state index is 0.923. The molecule has 0 atom stereocenters. The van der Waals surface area contributed by atoms with Gasteiger partial charge in [0.25, 0.3) is 0 Å². The van der Waals surface area contributed by atoms with Crippen molar-refractivity contribution < 1.29 is 0 Å². The van der Waals surface area contributed by atoms with Crippen LogP contribution in [-0.4, -0.2) is 21.2 Å². The van der Waals surface area contributed by atoms with Crippen LogP contribution in [0, 0.1) is 0 Å². The summed E-state index contributed by atoms with van der Waals surface area (Å²) in [5, 5.41) is 7.08. The molecule has 0 unspecified atom stereocenters. The summed E-state index contributed by atoms with van der Waals surface area (Å²) in [7, 11) is 0. The van der Waals surface area contributed by atoms with Gasteiger partial charge in [-0.25, -0.2) is 0 Å². The molecule has 0 spiro atoms. The largest absolute Gasteiger partial charge is 0.358 e. The molecule has 0 aliphatic heterocycles. The zero-order chi connectivity index (χ0) is 29.3. The Labute approximate surface area is 244 Å². The fourth-order valence-electron chi connectivity index (χ4n) is 5.99. The van der Waals surface area contributed by atoms with Crippen LogP contribution in [0.4, 0.5) is 0 Å². The number of fused-ring (bicyclic) bond motifs is 3. The topological polar surface area (TPSA) is 47.4 Å². The van der Waals surface area contributed by atoms with Gasteiger partial charge >= 0.3 is 0 Å². The third-order valence-electron chi connectivity index (χ3n) is 8.26. The fraction of sp³-hybridized carbons (Fsp3) is 0.135. The highest BCUT2D eigenvalue weighted by Gasteiger charge is 2.21. The van der Waals surface area contributed by atoms with Crippen molar-refractivity contribution in [3.63, 3.8) is 0 Å². The van der Waals surface area contributed by atoms with E-state index in [4.69, 9.17) is 0 Å². The molecule has 0 bridgehead atoms. The molecule has 41 heavy (non-hydrogen) atoms. The number of rotatable bonds is 6. The predicted molar refractivity (Wildman–Crippen MR) is 184 cm³/mol. The summed E-state index contributed by atoms with van der Waals surface area (Å²) in [6.07, 6.45) is 3.01. The van der Waals surface area contributed by atoms with E-state index in [1.54, 1.807) is 11.8 Å². The van der Waals surface area contributed by atoms with Crippen molar-refractivity contribution in [1.82, 2.24) is 15.0 Å². The number of hydrogen-bond acceptors (Lipinski definition) is 1. The lowest BCUT2D eigenvalue weighted by Crippen LogP contribution is -2.26. The molecule has 0 saturated heterocycles. The monoisotopic (exact) mass is 553 g/mol. The summed E-state index contributed by atoms with van der Waals surface area (Å²) in [6, 6.07) is 13.2. The summed E-state index contributed by atoms with van der Waals surface area (Å²) in [5.41, 5.74) is 12.7. The van der Waals surface area contributed by atoms with E-state index in [1.807, 2.05) is 13.8 Å². The van der Waals surface area contributed by atoms with Crippen molar-refractivity contribution in [3.8, 4) is 22.3 Å². The Hall–Kier alpha value is -4.41. The van der Waals surface area contributed by atoms with Gasteiger partial charge in [-0.3, -0.25) is 0 Å². The Morgan fingerprint density at radius 3 is 1.98 bits per heavy atom. The van der Waals surface area contributed by atoms with Gasteiger partial charge in [0.2, 0.25) is 0 Å². The van der Waals surface area contributed by atoms with Gasteiger partial charge in [-0.15, -0.1) is 11.8 Å². The molecule has 0 aliphatic carbocycles. The van der Waals surface area contributed by atoms with Crippen LogP contribution in [0.1, 0.15) is 37.9 Å². The SMILES string of the molecule is C=C(C)c1cc2c(-c3c(=C)c(=C)cc4cc(CC)[nH]c34)ccc(-c3c(=C)c(=C)c(SC)c4[nH]c(C(=C)C)cc34)c2[nH]1. The second kappa shape index (κ2) is 9.60. The number of aryl methyl sites for hydroxylation is 1. The third-order valence-corrected chi connectivity index (χ3v) is 9.12. The van der Waals surface area contributed by atoms with Crippen molar-refractivity contribution in [2.24, 2.45) is 0 Å². The number of thioether (sulfide) groups is 1. The Morgan fingerprint density at radius 1 is 0.707 bits per heavy atom. The van der Waals surface area contributed by atoms with Gasteiger partial charge in [-0.1, -0.05) is 58.5 Å². The Balaban J connectivity index is 1.77. The summed E-state index contributed by atoms with van der Waals surface area (Å²) in [5.74, 6) is 0. The molecular weight excluding hydrogens is 518 g/mol. The van der Waals surface area contributed by atoms with Gasteiger partial charge in [-0.2, -0.15) is 0 Å². The fourth-order valence-corrected chi connectivity index (χ4v) is 6.73. The summed E-state index contributed by atoms with van der Waals surface area (Å²) in [6.45, 7) is 32.5. The molecule has 3 aromatic carbocycles. The van der Waals surface area contributed by atoms with E-state index in [1.165, 1.54) is 5.69 Å². The van der Waals surface area contributed by atoms with E-state index < -0.39 is 0 Å². The Bertz CT molecular complexity index is 2310. The van der Waals surface area contributed by atoms with Crippen molar-refractivity contribution >= 4 is 81.9 Å². The second-order valence-electron chi connectivity index (χ2n) is 11.0. The molecule has 4 heteroatoms. The molecule has 0 saturated carbocycles. The minimum absolute atomic E-state index is 0.923. The molecule has 3 aromatic heterocycles. The van der Waals surface area contributed by atoms with E-state index >= 15 is 0 Å². The van der Waals surface area contributed by atoms with Crippen LogP contribution in [0.25, 0.3) is 92.4 Å². The van der Waals surface area contributed by atoms with Gasteiger partial charge in [0, 0.05) is 54.8 Å². The number of aromatic nitrogens is 3. The van der Waals surface area contributed by atoms with Crippen molar-refractivity contribution in [2.45, 2.75) is 32.1 Å². The van der Waals surface area contributed by atoms with E-state index in [2.05, 4.69) is 104 Å². The lowest BCUT2D eigenvalue weighted by atomic mass is 9.91. The molecule has 0 radical (unpaired) electrons. The highest BCUT2D eigenvalue weighted by molar-refractivity contribution is 7.98. The molecule has 3 nitrogen and oxygen atoms in total. The number of H-pyrrole nitrogens is 3. The van der Waals surface area contributed by atoms with E-state index in [0.717, 1.165) is 110 Å². The molecule has 6 rings (SSSR count). The molecule has 3 N–H and O–H groups in total. The molecule has 0 fully saturated rings. The van der Waals surface area contributed by atoms with E-state index in [-0.39, 0.29) is 0 Å². The molecular formula is C37H35N3S. The highest BCUT2D eigenvalue weighted by atomic mass is 32.2. The first-order valence-corrected chi connectivity index (χ1v) is 15.0. The van der Waals surface area contributed by atoms with Crippen LogP contribution in [0.3, 0.4) is 0 Å². The standard InChI is InChI=1S/C37H35N3S/c1-11-25-15-24-14-20(6)21(7)33(34(24)38-25)26-12-13-27(35-28(26)16-30(39-35)18(2)3)32-22(8)23(9)37(41-10)36-29(32)17-31(40-36)19(4)5/h12-17,38-40H,2,4,6-9,11H2,1,3,5,10H3. The van der Waals surface area contributed by atoms with Crippen LogP contribution in [0.5, 0.6) is 0 Å². The first kappa shape index (κ1) is 26.8. The van der Waals surface area contributed by atoms with Gasteiger partial charge in [0.15, 0.2) is 0 Å².